The van der Waals surface area contributed by atoms with E-state index in [-0.39, 0.29) is 12.5 Å². The van der Waals surface area contributed by atoms with Crippen molar-refractivity contribution in [2.24, 2.45) is 5.41 Å². The number of amides is 1. The van der Waals surface area contributed by atoms with E-state index >= 15 is 0 Å². The molecule has 0 aromatic carbocycles. The number of likely N-dealkylation sites (tertiary alicyclic amines) is 1. The summed E-state index contributed by atoms with van der Waals surface area (Å²) in [7, 11) is 1.51. The number of carboxylic acids is 1. The average molecular weight is 292 g/mol. The molecule has 1 atom stereocenters. The number of carbonyl (C=O) groups is 2. The summed E-state index contributed by atoms with van der Waals surface area (Å²) in [6, 6.07) is 3.28. The van der Waals surface area contributed by atoms with Crippen molar-refractivity contribution in [3.63, 3.8) is 0 Å². The Kier molecular flexibility index (Phi) is 4.45. The van der Waals surface area contributed by atoms with Crippen molar-refractivity contribution >= 4 is 11.9 Å². The van der Waals surface area contributed by atoms with Gasteiger partial charge >= 0.3 is 5.97 Å². The van der Waals surface area contributed by atoms with Crippen molar-refractivity contribution in [3.05, 3.63) is 23.9 Å². The summed E-state index contributed by atoms with van der Waals surface area (Å²) in [4.78, 5) is 29.6. The zero-order valence-electron chi connectivity index (χ0n) is 12.3. The Bertz CT molecular complexity index is 529. The predicted molar refractivity (Wildman–Crippen MR) is 76.3 cm³/mol. The van der Waals surface area contributed by atoms with Crippen LogP contribution in [-0.2, 0) is 4.79 Å². The lowest BCUT2D eigenvalue weighted by Crippen LogP contribution is -2.49. The van der Waals surface area contributed by atoms with Gasteiger partial charge in [0.25, 0.3) is 5.91 Å². The summed E-state index contributed by atoms with van der Waals surface area (Å²) in [5, 5.41) is 9.46. The van der Waals surface area contributed by atoms with Gasteiger partial charge in [-0.05, 0) is 25.3 Å². The number of carbonyl (C=O) groups excluding carboxylic acids is 1. The summed E-state index contributed by atoms with van der Waals surface area (Å²) < 4.78 is 4.96. The van der Waals surface area contributed by atoms with E-state index in [4.69, 9.17) is 4.74 Å². The molecule has 0 saturated carbocycles. The number of pyridine rings is 1. The molecule has 21 heavy (non-hydrogen) atoms. The largest absolute Gasteiger partial charge is 0.481 e. The van der Waals surface area contributed by atoms with Crippen LogP contribution < -0.4 is 4.74 Å². The maximum absolute atomic E-state index is 12.5. The summed E-state index contributed by atoms with van der Waals surface area (Å²) in [6.45, 7) is 2.70. The zero-order valence-corrected chi connectivity index (χ0v) is 12.3. The number of methoxy groups -OCH3 is 1. The minimum absolute atomic E-state index is 0.177. The molecule has 1 unspecified atom stereocenters. The van der Waals surface area contributed by atoms with E-state index in [2.05, 4.69) is 4.98 Å². The molecule has 1 amide bonds. The van der Waals surface area contributed by atoms with Gasteiger partial charge in [-0.25, -0.2) is 4.98 Å². The van der Waals surface area contributed by atoms with Crippen molar-refractivity contribution in [1.29, 1.82) is 0 Å². The SMILES string of the molecule is CCC1(C(=O)O)CCCN(C(=O)c2ccc(OC)nc2)C1. The first-order valence-electron chi connectivity index (χ1n) is 7.05. The van der Waals surface area contributed by atoms with Gasteiger partial charge in [-0.1, -0.05) is 6.92 Å². The Balaban J connectivity index is 2.16. The smallest absolute Gasteiger partial charge is 0.311 e. The van der Waals surface area contributed by atoms with E-state index in [0.29, 0.717) is 37.3 Å². The van der Waals surface area contributed by atoms with Gasteiger partial charge < -0.3 is 14.7 Å². The predicted octanol–water partition coefficient (Wildman–Crippen LogP) is 1.81. The number of nitrogens with zero attached hydrogens (tertiary/aromatic N) is 2. The van der Waals surface area contributed by atoms with E-state index < -0.39 is 11.4 Å². The van der Waals surface area contributed by atoms with Gasteiger partial charge in [0.2, 0.25) is 5.88 Å². The number of ether oxygens (including phenoxy) is 1. The van der Waals surface area contributed by atoms with Crippen molar-refractivity contribution in [2.45, 2.75) is 26.2 Å². The Labute approximate surface area is 123 Å². The van der Waals surface area contributed by atoms with Gasteiger partial charge in [0.15, 0.2) is 0 Å². The monoisotopic (exact) mass is 292 g/mol. The molecule has 6 nitrogen and oxygen atoms in total. The molecule has 1 aliphatic rings. The number of hydrogen-bond donors (Lipinski definition) is 1. The topological polar surface area (TPSA) is 79.7 Å². The van der Waals surface area contributed by atoms with E-state index in [1.807, 2.05) is 6.92 Å². The quantitative estimate of drug-likeness (QED) is 0.915. The number of piperidine rings is 1. The molecule has 2 rings (SSSR count). The first-order chi connectivity index (χ1) is 10.0. The third kappa shape index (κ3) is 2.99. The summed E-state index contributed by atoms with van der Waals surface area (Å²) >= 11 is 0. The molecule has 0 bridgehead atoms. The maximum Gasteiger partial charge on any atom is 0.311 e. The van der Waals surface area contributed by atoms with Crippen molar-refractivity contribution in [3.8, 4) is 5.88 Å². The minimum Gasteiger partial charge on any atom is -0.481 e. The second-order valence-electron chi connectivity index (χ2n) is 5.36. The fourth-order valence-corrected chi connectivity index (χ4v) is 2.73. The fourth-order valence-electron chi connectivity index (χ4n) is 2.73. The van der Waals surface area contributed by atoms with Crippen LogP contribution in [0.5, 0.6) is 5.88 Å². The molecule has 0 radical (unpaired) electrons. The second kappa shape index (κ2) is 6.11. The zero-order chi connectivity index (χ0) is 15.5. The maximum atomic E-state index is 12.5. The lowest BCUT2D eigenvalue weighted by Gasteiger charge is -2.39. The number of aliphatic carboxylic acids is 1. The number of carboxylic acid groups (broad SMARTS) is 1. The van der Waals surface area contributed by atoms with Gasteiger partial charge in [-0.2, -0.15) is 0 Å². The first-order valence-corrected chi connectivity index (χ1v) is 7.05. The molecule has 1 aromatic rings. The highest BCUT2D eigenvalue weighted by molar-refractivity contribution is 5.94. The third-order valence-electron chi connectivity index (χ3n) is 4.19. The van der Waals surface area contributed by atoms with Crippen molar-refractivity contribution in [1.82, 2.24) is 9.88 Å². The molecule has 114 valence electrons. The van der Waals surface area contributed by atoms with Gasteiger partial charge in [0.1, 0.15) is 0 Å². The molecule has 1 aliphatic heterocycles. The molecule has 1 saturated heterocycles. The fraction of sp³-hybridized carbons (Fsp3) is 0.533. The van der Waals surface area contributed by atoms with Gasteiger partial charge in [0.05, 0.1) is 18.1 Å². The number of rotatable bonds is 4. The van der Waals surface area contributed by atoms with Crippen LogP contribution in [0.25, 0.3) is 0 Å². The van der Waals surface area contributed by atoms with E-state index in [1.54, 1.807) is 17.0 Å². The van der Waals surface area contributed by atoms with E-state index in [0.717, 1.165) is 0 Å². The lowest BCUT2D eigenvalue weighted by molar-refractivity contribution is -0.152. The molecule has 1 aromatic heterocycles. The Morgan fingerprint density at radius 3 is 2.76 bits per heavy atom. The molecular formula is C15H20N2O4. The van der Waals surface area contributed by atoms with Crippen LogP contribution in [0, 0.1) is 5.41 Å². The van der Waals surface area contributed by atoms with Gasteiger partial charge in [0, 0.05) is 25.4 Å². The van der Waals surface area contributed by atoms with Crippen LogP contribution >= 0.6 is 0 Å². The van der Waals surface area contributed by atoms with Crippen LogP contribution in [0.4, 0.5) is 0 Å². The average Bonchev–Trinajstić information content (AvgIpc) is 2.54. The van der Waals surface area contributed by atoms with E-state index in [9.17, 15) is 14.7 Å². The van der Waals surface area contributed by atoms with Crippen molar-refractivity contribution < 1.29 is 19.4 Å². The van der Waals surface area contributed by atoms with E-state index in [1.165, 1.54) is 13.3 Å². The molecule has 6 heteroatoms. The van der Waals surface area contributed by atoms with Crippen LogP contribution in [0.2, 0.25) is 0 Å². The minimum atomic E-state index is -0.826. The Morgan fingerprint density at radius 2 is 2.24 bits per heavy atom. The lowest BCUT2D eigenvalue weighted by atomic mass is 9.77. The summed E-state index contributed by atoms with van der Waals surface area (Å²) in [5.74, 6) is -0.557. The van der Waals surface area contributed by atoms with Crippen LogP contribution in [0.3, 0.4) is 0 Å². The number of hydrogen-bond acceptors (Lipinski definition) is 4. The molecular weight excluding hydrogens is 272 g/mol. The van der Waals surface area contributed by atoms with Gasteiger partial charge in [-0.15, -0.1) is 0 Å². The Hall–Kier alpha value is -2.11. The normalized spacial score (nSPS) is 21.9. The first kappa shape index (κ1) is 15.3. The van der Waals surface area contributed by atoms with Gasteiger partial charge in [-0.3, -0.25) is 9.59 Å². The van der Waals surface area contributed by atoms with Crippen LogP contribution in [0.1, 0.15) is 36.5 Å². The third-order valence-corrected chi connectivity index (χ3v) is 4.19. The summed E-state index contributed by atoms with van der Waals surface area (Å²) in [5.41, 5.74) is -0.374. The summed E-state index contributed by atoms with van der Waals surface area (Å²) in [6.07, 6.45) is 3.30. The molecule has 1 fully saturated rings. The van der Waals surface area contributed by atoms with Crippen molar-refractivity contribution in [2.75, 3.05) is 20.2 Å². The Morgan fingerprint density at radius 1 is 1.48 bits per heavy atom. The molecule has 0 aliphatic carbocycles. The van der Waals surface area contributed by atoms with Crippen LogP contribution in [-0.4, -0.2) is 47.1 Å². The highest BCUT2D eigenvalue weighted by atomic mass is 16.5. The standard InChI is InChI=1S/C15H20N2O4/c1-3-15(14(19)20)7-4-8-17(10-15)13(18)11-5-6-12(21-2)16-9-11/h5-6,9H,3-4,7-8,10H2,1-2H3,(H,19,20). The molecule has 1 N–H and O–H groups in total. The highest BCUT2D eigenvalue weighted by Crippen LogP contribution is 2.34. The van der Waals surface area contributed by atoms with Crippen LogP contribution in [0.15, 0.2) is 18.3 Å². The second-order valence-corrected chi connectivity index (χ2v) is 5.36. The number of aromatic nitrogens is 1. The molecule has 2 heterocycles. The highest BCUT2D eigenvalue weighted by Gasteiger charge is 2.42. The molecule has 0 spiro atoms.